The number of hydrogen-bond acceptors (Lipinski definition) is 2. The lowest BCUT2D eigenvalue weighted by Crippen LogP contribution is -2.56. The summed E-state index contributed by atoms with van der Waals surface area (Å²) in [5.74, 6) is -0.285. The van der Waals surface area contributed by atoms with Crippen molar-refractivity contribution < 1.29 is 14.0 Å². The van der Waals surface area contributed by atoms with Crippen molar-refractivity contribution in [3.05, 3.63) is 12.7 Å². The van der Waals surface area contributed by atoms with Crippen molar-refractivity contribution in [1.29, 1.82) is 0 Å². The Morgan fingerprint density at radius 3 is 1.83 bits per heavy atom. The van der Waals surface area contributed by atoms with E-state index in [1.165, 1.54) is 51.0 Å². The molecule has 0 aliphatic heterocycles. The number of rotatable bonds is 15. The summed E-state index contributed by atoms with van der Waals surface area (Å²) < 4.78 is 6.57. The number of unbranched alkanes of at least 4 members (excludes halogenated alkanes) is 7. The summed E-state index contributed by atoms with van der Waals surface area (Å²) >= 11 is 0. The zero-order chi connectivity index (χ0) is 17.6. The Hall–Kier alpha value is -0.830. The second-order valence-corrected chi connectivity index (χ2v) is 6.53. The average Bonchev–Trinajstić information content (AvgIpc) is 2.58. The van der Waals surface area contributed by atoms with Gasteiger partial charge in [0.25, 0.3) is 0 Å². The fourth-order valence-corrected chi connectivity index (χ4v) is 3.36. The highest BCUT2D eigenvalue weighted by atomic mass is 16.6. The van der Waals surface area contributed by atoms with Crippen LogP contribution in [-0.2, 0) is 9.53 Å². The zero-order valence-electron chi connectivity index (χ0n) is 16.1. The van der Waals surface area contributed by atoms with Crippen molar-refractivity contribution >= 4 is 5.97 Å². The molecule has 0 bridgehead atoms. The predicted molar refractivity (Wildman–Crippen MR) is 99.2 cm³/mol. The molecule has 0 aromatic carbocycles. The van der Waals surface area contributed by atoms with Crippen LogP contribution < -0.4 is 0 Å². The molecule has 1 unspecified atom stereocenters. The lowest BCUT2D eigenvalue weighted by atomic mass is 10.1. The van der Waals surface area contributed by atoms with E-state index in [1.54, 1.807) is 0 Å². The first-order chi connectivity index (χ1) is 11.1. The molecule has 0 radical (unpaired) electrons. The number of esters is 1. The molecule has 0 spiro atoms. The lowest BCUT2D eigenvalue weighted by molar-refractivity contribution is -0.965. The monoisotopic (exact) mass is 326 g/mol. The van der Waals surface area contributed by atoms with Crippen LogP contribution in [0.2, 0.25) is 0 Å². The molecule has 3 heteroatoms. The Labute approximate surface area is 144 Å². The van der Waals surface area contributed by atoms with Gasteiger partial charge in [-0.1, -0.05) is 58.4 Å². The summed E-state index contributed by atoms with van der Waals surface area (Å²) in [7, 11) is 0. The SMILES string of the molecule is C=CC(=O)OC(CCCCCCCCCC)[N+](CC)(CC)CC. The van der Waals surface area contributed by atoms with Crippen LogP contribution in [0.25, 0.3) is 0 Å². The van der Waals surface area contributed by atoms with Crippen LogP contribution in [0.15, 0.2) is 12.7 Å². The van der Waals surface area contributed by atoms with Gasteiger partial charge in [-0.15, -0.1) is 0 Å². The average molecular weight is 327 g/mol. The van der Waals surface area contributed by atoms with Crippen molar-refractivity contribution in [2.75, 3.05) is 19.6 Å². The summed E-state index contributed by atoms with van der Waals surface area (Å²) in [5, 5.41) is 0. The van der Waals surface area contributed by atoms with Crippen LogP contribution in [0.4, 0.5) is 0 Å². The first-order valence-corrected chi connectivity index (χ1v) is 9.78. The van der Waals surface area contributed by atoms with Crippen LogP contribution in [0.3, 0.4) is 0 Å². The van der Waals surface area contributed by atoms with Gasteiger partial charge >= 0.3 is 5.97 Å². The molecule has 0 aromatic rings. The maximum absolute atomic E-state index is 11.7. The maximum atomic E-state index is 11.7. The summed E-state index contributed by atoms with van der Waals surface area (Å²) in [6.07, 6.45) is 12.7. The third-order valence-corrected chi connectivity index (χ3v) is 5.22. The minimum atomic E-state index is -0.285. The summed E-state index contributed by atoms with van der Waals surface area (Å²) in [6.45, 7) is 15.4. The Balaban J connectivity index is 4.32. The summed E-state index contributed by atoms with van der Waals surface area (Å²) in [6, 6.07) is 0. The van der Waals surface area contributed by atoms with Gasteiger partial charge in [0, 0.05) is 12.5 Å². The third-order valence-electron chi connectivity index (χ3n) is 5.22. The fourth-order valence-electron chi connectivity index (χ4n) is 3.36. The highest BCUT2D eigenvalue weighted by molar-refractivity contribution is 5.81. The second-order valence-electron chi connectivity index (χ2n) is 6.53. The van der Waals surface area contributed by atoms with Gasteiger partial charge in [0.1, 0.15) is 0 Å². The molecular weight excluding hydrogens is 286 g/mol. The second kappa shape index (κ2) is 13.6. The molecule has 23 heavy (non-hydrogen) atoms. The molecule has 0 rings (SSSR count). The Bertz CT molecular complexity index is 302. The molecule has 0 amide bonds. The summed E-state index contributed by atoms with van der Waals surface area (Å²) in [4.78, 5) is 11.7. The smallest absolute Gasteiger partial charge is 0.334 e. The van der Waals surface area contributed by atoms with Gasteiger partial charge in [-0.2, -0.15) is 0 Å². The number of carbonyl (C=O) groups excluding carboxylic acids is 1. The Morgan fingerprint density at radius 1 is 0.913 bits per heavy atom. The van der Waals surface area contributed by atoms with Gasteiger partial charge < -0.3 is 4.74 Å². The number of ether oxygens (including phenoxy) is 1. The standard InChI is InChI=1S/C20H40NO2/c1-6-11-12-13-14-15-16-17-18-19(23-20(22)7-2)21(8-3,9-4)10-5/h7,19H,2,6,8-18H2,1,3-5H3/q+1. The van der Waals surface area contributed by atoms with Crippen molar-refractivity contribution in [3.63, 3.8) is 0 Å². The van der Waals surface area contributed by atoms with Crippen LogP contribution in [0, 0.1) is 0 Å². The molecule has 0 fully saturated rings. The van der Waals surface area contributed by atoms with Gasteiger partial charge in [0.2, 0.25) is 6.23 Å². The first kappa shape index (κ1) is 22.2. The molecule has 0 saturated heterocycles. The first-order valence-electron chi connectivity index (χ1n) is 9.78. The van der Waals surface area contributed by atoms with E-state index in [1.807, 2.05) is 0 Å². The van der Waals surface area contributed by atoms with E-state index in [0.717, 1.165) is 37.0 Å². The molecule has 0 heterocycles. The zero-order valence-corrected chi connectivity index (χ0v) is 16.1. The molecule has 0 aromatic heterocycles. The van der Waals surface area contributed by atoms with E-state index < -0.39 is 0 Å². The minimum absolute atomic E-state index is 0.0272. The molecule has 136 valence electrons. The quantitative estimate of drug-likeness (QED) is 0.131. The number of quaternary nitrogens is 1. The molecule has 3 nitrogen and oxygen atoms in total. The lowest BCUT2D eigenvalue weighted by Gasteiger charge is -2.41. The van der Waals surface area contributed by atoms with Gasteiger partial charge in [0.05, 0.1) is 19.6 Å². The Morgan fingerprint density at radius 2 is 1.39 bits per heavy atom. The maximum Gasteiger partial charge on any atom is 0.334 e. The predicted octanol–water partition coefficient (Wildman–Crippen LogP) is 5.45. The molecule has 0 aliphatic rings. The van der Waals surface area contributed by atoms with Crippen molar-refractivity contribution in [2.24, 2.45) is 0 Å². The van der Waals surface area contributed by atoms with E-state index >= 15 is 0 Å². The molecule has 1 atom stereocenters. The molecule has 0 saturated carbocycles. The van der Waals surface area contributed by atoms with Crippen molar-refractivity contribution in [3.8, 4) is 0 Å². The van der Waals surface area contributed by atoms with E-state index in [0.29, 0.717) is 0 Å². The van der Waals surface area contributed by atoms with Crippen LogP contribution in [0.5, 0.6) is 0 Å². The van der Waals surface area contributed by atoms with Gasteiger partial charge in [-0.05, 0) is 27.2 Å². The van der Waals surface area contributed by atoms with E-state index in [9.17, 15) is 4.79 Å². The fraction of sp³-hybridized carbons (Fsp3) is 0.850. The number of carbonyl (C=O) groups is 1. The van der Waals surface area contributed by atoms with E-state index in [2.05, 4.69) is 34.3 Å². The van der Waals surface area contributed by atoms with Crippen LogP contribution >= 0.6 is 0 Å². The number of hydrogen-bond donors (Lipinski definition) is 0. The van der Waals surface area contributed by atoms with E-state index in [4.69, 9.17) is 4.74 Å². The van der Waals surface area contributed by atoms with Crippen molar-refractivity contribution in [1.82, 2.24) is 0 Å². The molecule has 0 aliphatic carbocycles. The van der Waals surface area contributed by atoms with Gasteiger partial charge in [-0.3, -0.25) is 4.48 Å². The topological polar surface area (TPSA) is 26.3 Å². The van der Waals surface area contributed by atoms with Gasteiger partial charge in [-0.25, -0.2) is 4.79 Å². The number of nitrogens with zero attached hydrogens (tertiary/aromatic N) is 1. The summed E-state index contributed by atoms with van der Waals surface area (Å²) in [5.41, 5.74) is 0. The largest absolute Gasteiger partial charge is 0.409 e. The Kier molecular flexibility index (Phi) is 13.1. The molecule has 0 N–H and O–H groups in total. The highest BCUT2D eigenvalue weighted by Gasteiger charge is 2.34. The molecular formula is C20H40NO2+. The highest BCUT2D eigenvalue weighted by Crippen LogP contribution is 2.21. The van der Waals surface area contributed by atoms with E-state index in [-0.39, 0.29) is 12.2 Å². The third kappa shape index (κ3) is 8.55. The normalized spacial score (nSPS) is 12.9. The van der Waals surface area contributed by atoms with Crippen LogP contribution in [-0.4, -0.2) is 36.3 Å². The van der Waals surface area contributed by atoms with Crippen molar-refractivity contribution in [2.45, 2.75) is 91.7 Å². The van der Waals surface area contributed by atoms with Gasteiger partial charge in [0.15, 0.2) is 0 Å². The minimum Gasteiger partial charge on any atom is -0.409 e. The van der Waals surface area contributed by atoms with Crippen LogP contribution in [0.1, 0.15) is 85.5 Å².